The number of benzene rings is 1. The number of carbonyl (C=O) groups excluding carboxylic acids is 1. The number of ether oxygens (including phenoxy) is 1. The van der Waals surface area contributed by atoms with Crippen molar-refractivity contribution in [3.8, 4) is 5.75 Å². The SMILES string of the molecule is COc1ccc(Br)c(C(=O)NCc2scnc2C)c1. The maximum Gasteiger partial charge on any atom is 0.252 e. The van der Waals surface area contributed by atoms with Gasteiger partial charge in [0.2, 0.25) is 0 Å². The highest BCUT2D eigenvalue weighted by atomic mass is 79.9. The van der Waals surface area contributed by atoms with E-state index < -0.39 is 0 Å². The van der Waals surface area contributed by atoms with Gasteiger partial charge >= 0.3 is 0 Å². The van der Waals surface area contributed by atoms with Gasteiger partial charge in [-0.25, -0.2) is 4.98 Å². The van der Waals surface area contributed by atoms with Crippen molar-refractivity contribution < 1.29 is 9.53 Å². The quantitative estimate of drug-likeness (QED) is 0.929. The fourth-order valence-corrected chi connectivity index (χ4v) is 2.70. The van der Waals surface area contributed by atoms with Crippen LogP contribution in [0, 0.1) is 6.92 Å². The molecule has 0 aliphatic heterocycles. The van der Waals surface area contributed by atoms with Crippen LogP contribution < -0.4 is 10.1 Å². The van der Waals surface area contributed by atoms with Crippen molar-refractivity contribution in [3.05, 3.63) is 44.3 Å². The largest absolute Gasteiger partial charge is 0.497 e. The third-order valence-electron chi connectivity index (χ3n) is 2.67. The zero-order valence-corrected chi connectivity index (χ0v) is 13.0. The van der Waals surface area contributed by atoms with E-state index in [2.05, 4.69) is 26.2 Å². The molecule has 6 heteroatoms. The van der Waals surface area contributed by atoms with Gasteiger partial charge in [-0.1, -0.05) is 0 Å². The molecular formula is C13H13BrN2O2S. The van der Waals surface area contributed by atoms with Gasteiger partial charge in [0.1, 0.15) is 5.75 Å². The van der Waals surface area contributed by atoms with E-state index in [1.54, 1.807) is 30.8 Å². The second-order valence-corrected chi connectivity index (χ2v) is 5.68. The average molecular weight is 341 g/mol. The highest BCUT2D eigenvalue weighted by molar-refractivity contribution is 9.10. The summed E-state index contributed by atoms with van der Waals surface area (Å²) in [4.78, 5) is 17.3. The smallest absolute Gasteiger partial charge is 0.252 e. The summed E-state index contributed by atoms with van der Waals surface area (Å²) in [5, 5.41) is 2.88. The first-order chi connectivity index (χ1) is 9.11. The molecule has 2 aromatic rings. The summed E-state index contributed by atoms with van der Waals surface area (Å²) in [5.41, 5.74) is 3.29. The van der Waals surface area contributed by atoms with Crippen molar-refractivity contribution in [2.24, 2.45) is 0 Å². The number of aryl methyl sites for hydroxylation is 1. The topological polar surface area (TPSA) is 51.2 Å². The van der Waals surface area contributed by atoms with Crippen LogP contribution in [0.5, 0.6) is 5.75 Å². The summed E-state index contributed by atoms with van der Waals surface area (Å²) < 4.78 is 5.86. The molecule has 1 N–H and O–H groups in total. The number of rotatable bonds is 4. The Bertz CT molecular complexity index is 598. The third-order valence-corrected chi connectivity index (χ3v) is 4.30. The fraction of sp³-hybridized carbons (Fsp3) is 0.231. The fourth-order valence-electron chi connectivity index (χ4n) is 1.56. The van der Waals surface area contributed by atoms with Gasteiger partial charge in [0.15, 0.2) is 0 Å². The lowest BCUT2D eigenvalue weighted by Crippen LogP contribution is -2.23. The van der Waals surface area contributed by atoms with Gasteiger partial charge in [0.25, 0.3) is 5.91 Å². The average Bonchev–Trinajstić information content (AvgIpc) is 2.82. The molecule has 0 bridgehead atoms. The van der Waals surface area contributed by atoms with E-state index in [0.29, 0.717) is 17.9 Å². The normalized spacial score (nSPS) is 10.3. The number of halogens is 1. The van der Waals surface area contributed by atoms with Gasteiger partial charge in [0, 0.05) is 9.35 Å². The van der Waals surface area contributed by atoms with Crippen LogP contribution >= 0.6 is 27.3 Å². The number of nitrogens with one attached hydrogen (secondary N) is 1. The van der Waals surface area contributed by atoms with E-state index in [0.717, 1.165) is 15.0 Å². The van der Waals surface area contributed by atoms with Crippen molar-refractivity contribution in [1.29, 1.82) is 0 Å². The Labute approximate surface area is 124 Å². The number of amides is 1. The molecule has 0 unspecified atom stereocenters. The van der Waals surface area contributed by atoms with Crippen molar-refractivity contribution in [2.75, 3.05) is 7.11 Å². The van der Waals surface area contributed by atoms with Crippen LogP contribution in [0.2, 0.25) is 0 Å². The first kappa shape index (κ1) is 14.0. The molecule has 4 nitrogen and oxygen atoms in total. The van der Waals surface area contributed by atoms with Gasteiger partial charge in [0.05, 0.1) is 30.4 Å². The number of nitrogens with zero attached hydrogens (tertiary/aromatic N) is 1. The Balaban J connectivity index is 2.10. The summed E-state index contributed by atoms with van der Waals surface area (Å²) in [6.07, 6.45) is 0. The molecule has 0 fully saturated rings. The highest BCUT2D eigenvalue weighted by Crippen LogP contribution is 2.22. The molecule has 2 rings (SSSR count). The van der Waals surface area contributed by atoms with Crippen LogP contribution in [-0.4, -0.2) is 18.0 Å². The molecule has 100 valence electrons. The number of carbonyl (C=O) groups is 1. The van der Waals surface area contributed by atoms with Crippen molar-refractivity contribution in [2.45, 2.75) is 13.5 Å². The molecular weight excluding hydrogens is 328 g/mol. The molecule has 0 aliphatic carbocycles. The van der Waals surface area contributed by atoms with E-state index in [1.165, 1.54) is 11.3 Å². The number of hydrogen-bond donors (Lipinski definition) is 1. The molecule has 19 heavy (non-hydrogen) atoms. The molecule has 1 aromatic carbocycles. The van der Waals surface area contributed by atoms with Crippen molar-refractivity contribution >= 4 is 33.2 Å². The zero-order chi connectivity index (χ0) is 13.8. The Kier molecular flexibility index (Phi) is 4.55. The van der Waals surface area contributed by atoms with E-state index in [1.807, 2.05) is 6.92 Å². The zero-order valence-electron chi connectivity index (χ0n) is 10.6. The van der Waals surface area contributed by atoms with E-state index in [9.17, 15) is 4.79 Å². The first-order valence-corrected chi connectivity index (χ1v) is 7.29. The number of methoxy groups -OCH3 is 1. The Morgan fingerprint density at radius 1 is 1.53 bits per heavy atom. The van der Waals surface area contributed by atoms with Gasteiger partial charge in [-0.15, -0.1) is 11.3 Å². The highest BCUT2D eigenvalue weighted by Gasteiger charge is 2.12. The minimum absolute atomic E-state index is 0.140. The van der Waals surface area contributed by atoms with Crippen LogP contribution in [0.15, 0.2) is 28.2 Å². The number of thiazole rings is 1. The second kappa shape index (κ2) is 6.16. The van der Waals surface area contributed by atoms with Gasteiger partial charge < -0.3 is 10.1 Å². The molecule has 1 aromatic heterocycles. The van der Waals surface area contributed by atoms with Crippen molar-refractivity contribution in [3.63, 3.8) is 0 Å². The predicted molar refractivity (Wildman–Crippen MR) is 78.7 cm³/mol. The van der Waals surface area contributed by atoms with E-state index in [-0.39, 0.29) is 5.91 Å². The molecule has 0 spiro atoms. The monoisotopic (exact) mass is 340 g/mol. The lowest BCUT2D eigenvalue weighted by atomic mass is 10.2. The molecule has 1 amide bonds. The summed E-state index contributed by atoms with van der Waals surface area (Å²) in [5.74, 6) is 0.515. The molecule has 0 radical (unpaired) electrons. The van der Waals surface area contributed by atoms with Crippen LogP contribution in [0.1, 0.15) is 20.9 Å². The van der Waals surface area contributed by atoms with E-state index >= 15 is 0 Å². The molecule has 0 saturated carbocycles. The minimum Gasteiger partial charge on any atom is -0.497 e. The molecule has 0 saturated heterocycles. The van der Waals surface area contributed by atoms with Crippen molar-refractivity contribution in [1.82, 2.24) is 10.3 Å². The predicted octanol–water partition coefficient (Wildman–Crippen LogP) is 3.15. The molecule has 0 atom stereocenters. The van der Waals surface area contributed by atoms with Gasteiger partial charge in [-0.2, -0.15) is 0 Å². The van der Waals surface area contributed by atoms with Crippen LogP contribution in [-0.2, 0) is 6.54 Å². The third kappa shape index (κ3) is 3.33. The van der Waals surface area contributed by atoms with Crippen LogP contribution in [0.4, 0.5) is 0 Å². The lowest BCUT2D eigenvalue weighted by Gasteiger charge is -2.08. The summed E-state index contributed by atoms with van der Waals surface area (Å²) >= 11 is 4.90. The lowest BCUT2D eigenvalue weighted by molar-refractivity contribution is 0.0950. The van der Waals surface area contributed by atoms with Crippen LogP contribution in [0.25, 0.3) is 0 Å². The Morgan fingerprint density at radius 2 is 2.32 bits per heavy atom. The number of hydrogen-bond acceptors (Lipinski definition) is 4. The standard InChI is InChI=1S/C13H13BrN2O2S/c1-8-12(19-7-16-8)6-15-13(17)10-5-9(18-2)3-4-11(10)14/h3-5,7H,6H2,1-2H3,(H,15,17). The first-order valence-electron chi connectivity index (χ1n) is 5.62. The molecule has 0 aliphatic rings. The Hall–Kier alpha value is -1.40. The number of aromatic nitrogens is 1. The second-order valence-electron chi connectivity index (χ2n) is 3.89. The maximum atomic E-state index is 12.1. The Morgan fingerprint density at radius 3 is 2.95 bits per heavy atom. The van der Waals surface area contributed by atoms with Crippen LogP contribution in [0.3, 0.4) is 0 Å². The summed E-state index contributed by atoms with van der Waals surface area (Å²) in [6.45, 7) is 2.42. The van der Waals surface area contributed by atoms with Gasteiger partial charge in [-0.05, 0) is 41.1 Å². The minimum atomic E-state index is -0.140. The van der Waals surface area contributed by atoms with E-state index in [4.69, 9.17) is 4.74 Å². The molecule has 1 heterocycles. The van der Waals surface area contributed by atoms with Gasteiger partial charge in [-0.3, -0.25) is 4.79 Å². The maximum absolute atomic E-state index is 12.1. The summed E-state index contributed by atoms with van der Waals surface area (Å²) in [7, 11) is 1.58. The summed E-state index contributed by atoms with van der Waals surface area (Å²) in [6, 6.07) is 5.30.